The molecule has 0 aromatic rings. The number of aliphatic hydroxyl groups is 1. The lowest BCUT2D eigenvalue weighted by atomic mass is 10.3. The lowest BCUT2D eigenvalue weighted by Gasteiger charge is -1.98. The second kappa shape index (κ2) is 12.9. The quantitative estimate of drug-likeness (QED) is 0.300. The van der Waals surface area contributed by atoms with Gasteiger partial charge in [0.1, 0.15) is 0 Å². The summed E-state index contributed by atoms with van der Waals surface area (Å²) in [5.74, 6) is -0.276. The molecule has 3 N–H and O–H groups in total. The summed E-state index contributed by atoms with van der Waals surface area (Å²) < 4.78 is 4.35. The maximum atomic E-state index is 10.4. The van der Waals surface area contributed by atoms with Gasteiger partial charge in [0, 0.05) is 13.5 Å². The predicted molar refractivity (Wildman–Crippen MR) is 40.3 cm³/mol. The minimum absolute atomic E-state index is 0.276. The number of methoxy groups -OCH3 is 1. The van der Waals surface area contributed by atoms with Crippen molar-refractivity contribution < 1.29 is 24.7 Å². The molecule has 6 nitrogen and oxygen atoms in total. The largest absolute Gasteiger partial charge is 0.469 e. The molecule has 0 spiro atoms. The average Bonchev–Trinajstić information content (AvgIpc) is 2.15. The Morgan fingerprint density at radius 3 is 2.50 bits per heavy atom. The standard InChI is InChI=1S/C5H11NO4.CH4O/c1-9-5(7)3-2-4-10-6-8;1-2/h6,8H,2-4H2,1H3;2H,1H3. The van der Waals surface area contributed by atoms with Crippen molar-refractivity contribution in [2.24, 2.45) is 0 Å². The van der Waals surface area contributed by atoms with E-state index in [0.29, 0.717) is 12.8 Å². The molecule has 0 heterocycles. The molecule has 6 heteroatoms. The number of carbonyl (C=O) groups is 1. The average molecular weight is 181 g/mol. The van der Waals surface area contributed by atoms with Gasteiger partial charge in [-0.05, 0) is 6.42 Å². The Balaban J connectivity index is 0. The van der Waals surface area contributed by atoms with Crippen LogP contribution in [0.15, 0.2) is 0 Å². The molecule has 0 atom stereocenters. The van der Waals surface area contributed by atoms with Crippen LogP contribution in [0.3, 0.4) is 0 Å². The molecule has 0 saturated carbocycles. The zero-order valence-corrected chi connectivity index (χ0v) is 7.24. The Morgan fingerprint density at radius 2 is 2.08 bits per heavy atom. The zero-order valence-electron chi connectivity index (χ0n) is 7.24. The molecule has 0 aromatic heterocycles. The molecule has 0 aromatic carbocycles. The second-order valence-electron chi connectivity index (χ2n) is 1.62. The monoisotopic (exact) mass is 181 g/mol. The molecule has 74 valence electrons. The van der Waals surface area contributed by atoms with Gasteiger partial charge in [-0.3, -0.25) is 14.8 Å². The van der Waals surface area contributed by atoms with E-state index in [0.717, 1.165) is 7.11 Å². The fraction of sp³-hybridized carbons (Fsp3) is 0.833. The van der Waals surface area contributed by atoms with E-state index in [2.05, 4.69) is 9.57 Å². The summed E-state index contributed by atoms with van der Waals surface area (Å²) in [5, 5.41) is 14.9. The van der Waals surface area contributed by atoms with Crippen molar-refractivity contribution in [3.63, 3.8) is 0 Å². The highest BCUT2D eigenvalue weighted by Crippen LogP contribution is 1.90. The van der Waals surface area contributed by atoms with Gasteiger partial charge in [-0.15, -0.1) is 0 Å². The first-order valence-corrected chi connectivity index (χ1v) is 3.33. The molecule has 0 radical (unpaired) electrons. The summed E-state index contributed by atoms with van der Waals surface area (Å²) in [7, 11) is 2.33. The summed E-state index contributed by atoms with van der Waals surface area (Å²) in [4.78, 5) is 14.7. The van der Waals surface area contributed by atoms with Gasteiger partial charge in [-0.2, -0.15) is 0 Å². The molecular formula is C6H15NO5. The maximum Gasteiger partial charge on any atom is 0.305 e. The van der Waals surface area contributed by atoms with Crippen LogP contribution < -0.4 is 5.64 Å². The highest BCUT2D eigenvalue weighted by atomic mass is 16.8. The van der Waals surface area contributed by atoms with Crippen molar-refractivity contribution in [1.82, 2.24) is 5.64 Å². The summed E-state index contributed by atoms with van der Waals surface area (Å²) in [6.45, 7) is 0.283. The van der Waals surface area contributed by atoms with Gasteiger partial charge < -0.3 is 9.84 Å². The van der Waals surface area contributed by atoms with Crippen LogP contribution in [0.25, 0.3) is 0 Å². The highest BCUT2D eigenvalue weighted by molar-refractivity contribution is 5.68. The SMILES string of the molecule is CO.COC(=O)CCCONO. The summed E-state index contributed by atoms with van der Waals surface area (Å²) in [5.41, 5.74) is 1.51. The number of nitrogens with one attached hydrogen (secondary N) is 1. The first-order chi connectivity index (χ1) is 5.81. The number of esters is 1. The van der Waals surface area contributed by atoms with Gasteiger partial charge in [-0.25, -0.2) is 0 Å². The molecular weight excluding hydrogens is 166 g/mol. The Labute approximate surface area is 71.0 Å². The molecule has 0 amide bonds. The predicted octanol–water partition coefficient (Wildman–Crippen LogP) is -0.542. The lowest BCUT2D eigenvalue weighted by molar-refractivity contribution is -0.144. The van der Waals surface area contributed by atoms with E-state index in [-0.39, 0.29) is 12.6 Å². The van der Waals surface area contributed by atoms with E-state index in [1.165, 1.54) is 12.8 Å². The van der Waals surface area contributed by atoms with Crippen molar-refractivity contribution in [2.45, 2.75) is 12.8 Å². The summed E-state index contributed by atoms with van der Waals surface area (Å²) >= 11 is 0. The van der Waals surface area contributed by atoms with Gasteiger partial charge in [-0.1, -0.05) is 5.64 Å². The van der Waals surface area contributed by atoms with Gasteiger partial charge in [0.2, 0.25) is 0 Å². The van der Waals surface area contributed by atoms with Gasteiger partial charge in [0.15, 0.2) is 0 Å². The molecule has 0 rings (SSSR count). The minimum Gasteiger partial charge on any atom is -0.469 e. The number of carbonyl (C=O) groups excluding carboxylic acids is 1. The van der Waals surface area contributed by atoms with Gasteiger partial charge in [0.25, 0.3) is 0 Å². The first kappa shape index (κ1) is 13.9. The molecule has 0 saturated heterocycles. The van der Waals surface area contributed by atoms with Crippen molar-refractivity contribution in [1.29, 1.82) is 0 Å². The number of ether oxygens (including phenoxy) is 1. The van der Waals surface area contributed by atoms with Gasteiger partial charge >= 0.3 is 5.97 Å². The Morgan fingerprint density at radius 1 is 1.50 bits per heavy atom. The van der Waals surface area contributed by atoms with Crippen molar-refractivity contribution in [2.75, 3.05) is 20.8 Å². The molecule has 12 heavy (non-hydrogen) atoms. The van der Waals surface area contributed by atoms with E-state index < -0.39 is 0 Å². The minimum atomic E-state index is -0.276. The fourth-order valence-electron chi connectivity index (χ4n) is 0.436. The maximum absolute atomic E-state index is 10.4. The van der Waals surface area contributed by atoms with E-state index in [1.54, 1.807) is 0 Å². The van der Waals surface area contributed by atoms with Crippen LogP contribution in [0.4, 0.5) is 0 Å². The van der Waals surface area contributed by atoms with Crippen molar-refractivity contribution in [3.05, 3.63) is 0 Å². The zero-order chi connectivity index (χ0) is 9.82. The van der Waals surface area contributed by atoms with Crippen LogP contribution in [0.1, 0.15) is 12.8 Å². The number of rotatable bonds is 5. The lowest BCUT2D eigenvalue weighted by Crippen LogP contribution is -2.10. The van der Waals surface area contributed by atoms with E-state index in [9.17, 15) is 4.79 Å². The normalized spacial score (nSPS) is 8.33. The Bertz CT molecular complexity index is 97.9. The fourth-order valence-corrected chi connectivity index (χ4v) is 0.436. The first-order valence-electron chi connectivity index (χ1n) is 3.33. The van der Waals surface area contributed by atoms with Crippen LogP contribution in [0.2, 0.25) is 0 Å². The molecule has 0 bridgehead atoms. The summed E-state index contributed by atoms with van der Waals surface area (Å²) in [6.07, 6.45) is 0.832. The van der Waals surface area contributed by atoms with E-state index >= 15 is 0 Å². The van der Waals surface area contributed by atoms with Crippen molar-refractivity contribution >= 4 is 5.97 Å². The van der Waals surface area contributed by atoms with E-state index in [1.807, 2.05) is 0 Å². The van der Waals surface area contributed by atoms with Crippen LogP contribution in [-0.2, 0) is 14.4 Å². The molecule has 0 aliphatic heterocycles. The van der Waals surface area contributed by atoms with Crippen LogP contribution in [0, 0.1) is 0 Å². The van der Waals surface area contributed by atoms with Crippen LogP contribution >= 0.6 is 0 Å². The smallest absolute Gasteiger partial charge is 0.305 e. The van der Waals surface area contributed by atoms with Gasteiger partial charge in [0.05, 0.1) is 13.7 Å². The summed E-state index contributed by atoms with van der Waals surface area (Å²) in [6, 6.07) is 0. The Hall–Kier alpha value is -0.690. The van der Waals surface area contributed by atoms with E-state index in [4.69, 9.17) is 10.3 Å². The third-order valence-electron chi connectivity index (χ3n) is 0.920. The van der Waals surface area contributed by atoms with Crippen LogP contribution in [0.5, 0.6) is 0 Å². The topological polar surface area (TPSA) is 88.0 Å². The molecule has 0 aliphatic rings. The Kier molecular flexibility index (Phi) is 15.0. The third kappa shape index (κ3) is 12.0. The molecule has 0 unspecified atom stereocenters. The van der Waals surface area contributed by atoms with Crippen molar-refractivity contribution in [3.8, 4) is 0 Å². The van der Waals surface area contributed by atoms with Crippen LogP contribution in [-0.4, -0.2) is 37.1 Å². The second-order valence-corrected chi connectivity index (χ2v) is 1.62. The molecule has 0 fully saturated rings. The highest BCUT2D eigenvalue weighted by Gasteiger charge is 1.97. The molecule has 0 aliphatic carbocycles. The number of hydrogen-bond acceptors (Lipinski definition) is 6. The third-order valence-corrected chi connectivity index (χ3v) is 0.920. The number of hydrogen-bond donors (Lipinski definition) is 3. The number of aliphatic hydroxyl groups excluding tert-OH is 1.